The molecule has 3 aliphatic rings. The van der Waals surface area contributed by atoms with Gasteiger partial charge in [-0.25, -0.2) is 0 Å². The van der Waals surface area contributed by atoms with Crippen LogP contribution in [0.5, 0.6) is 0 Å². The zero-order chi connectivity index (χ0) is 11.1. The van der Waals surface area contributed by atoms with Crippen molar-refractivity contribution in [1.82, 2.24) is 4.90 Å². The van der Waals surface area contributed by atoms with Crippen LogP contribution in [0.3, 0.4) is 0 Å². The van der Waals surface area contributed by atoms with Gasteiger partial charge in [-0.2, -0.15) is 0 Å². The summed E-state index contributed by atoms with van der Waals surface area (Å²) < 4.78 is 0. The molecule has 2 nitrogen and oxygen atoms in total. The van der Waals surface area contributed by atoms with Gasteiger partial charge in [-0.05, 0) is 63.5 Å². The number of hydrogen-bond donors (Lipinski definition) is 1. The maximum Gasteiger partial charge on any atom is 0.0283 e. The van der Waals surface area contributed by atoms with Gasteiger partial charge in [-0.15, -0.1) is 0 Å². The van der Waals surface area contributed by atoms with E-state index >= 15 is 0 Å². The first-order valence-corrected chi connectivity index (χ1v) is 7.21. The molecule has 2 aliphatic carbocycles. The van der Waals surface area contributed by atoms with Gasteiger partial charge in [-0.3, -0.25) is 0 Å². The number of nitrogens with zero attached hydrogens (tertiary/aromatic N) is 1. The Bertz CT molecular complexity index is 241. The second kappa shape index (κ2) is 3.99. The largest absolute Gasteiger partial charge is 0.324 e. The first-order valence-electron chi connectivity index (χ1n) is 7.21. The molecule has 0 aromatic heterocycles. The minimum Gasteiger partial charge on any atom is -0.324 e. The molecule has 3 rings (SSSR count). The third-order valence-electron chi connectivity index (χ3n) is 5.47. The fraction of sp³-hybridized carbons (Fsp3) is 1.00. The molecule has 1 heterocycles. The van der Waals surface area contributed by atoms with Crippen molar-refractivity contribution in [2.45, 2.75) is 63.3 Å². The van der Waals surface area contributed by atoms with E-state index in [1.807, 2.05) is 0 Å². The molecule has 0 aromatic carbocycles. The van der Waals surface area contributed by atoms with Crippen molar-refractivity contribution in [3.8, 4) is 0 Å². The molecule has 0 aromatic rings. The Kier molecular flexibility index (Phi) is 2.75. The number of likely N-dealkylation sites (tertiary alicyclic amines) is 1. The van der Waals surface area contributed by atoms with Crippen molar-refractivity contribution in [3.63, 3.8) is 0 Å². The average Bonchev–Trinajstić information content (AvgIpc) is 2.69. The zero-order valence-electron chi connectivity index (χ0n) is 10.5. The van der Waals surface area contributed by atoms with Crippen LogP contribution in [-0.2, 0) is 0 Å². The van der Waals surface area contributed by atoms with E-state index in [1.54, 1.807) is 0 Å². The topological polar surface area (TPSA) is 29.3 Å². The van der Waals surface area contributed by atoms with Crippen molar-refractivity contribution in [2.24, 2.45) is 11.1 Å². The van der Waals surface area contributed by atoms with E-state index in [9.17, 15) is 0 Å². The summed E-state index contributed by atoms with van der Waals surface area (Å²) in [5, 5.41) is 0. The quantitative estimate of drug-likeness (QED) is 0.778. The second-order valence-electron chi connectivity index (χ2n) is 6.70. The van der Waals surface area contributed by atoms with Crippen molar-refractivity contribution in [1.29, 1.82) is 0 Å². The maximum atomic E-state index is 6.34. The van der Waals surface area contributed by atoms with Gasteiger partial charge in [0, 0.05) is 12.1 Å². The predicted molar refractivity (Wildman–Crippen MR) is 67.3 cm³/mol. The summed E-state index contributed by atoms with van der Waals surface area (Å²) in [6, 6.07) is 0. The van der Waals surface area contributed by atoms with Crippen LogP contribution in [0.4, 0.5) is 0 Å². The molecule has 2 heteroatoms. The van der Waals surface area contributed by atoms with Gasteiger partial charge in [0.1, 0.15) is 0 Å². The highest BCUT2D eigenvalue weighted by Gasteiger charge is 2.40. The van der Waals surface area contributed by atoms with E-state index in [4.69, 9.17) is 5.73 Å². The van der Waals surface area contributed by atoms with Crippen molar-refractivity contribution >= 4 is 0 Å². The van der Waals surface area contributed by atoms with Gasteiger partial charge >= 0.3 is 0 Å². The van der Waals surface area contributed by atoms with E-state index in [1.165, 1.54) is 77.4 Å². The summed E-state index contributed by atoms with van der Waals surface area (Å²) in [6.07, 6.45) is 12.8. The Labute approximate surface area is 99.6 Å². The number of rotatable bonds is 2. The molecular weight excluding hydrogens is 196 g/mol. The maximum absolute atomic E-state index is 6.34. The van der Waals surface area contributed by atoms with E-state index in [2.05, 4.69) is 4.90 Å². The fourth-order valence-corrected chi connectivity index (χ4v) is 4.04. The molecule has 16 heavy (non-hydrogen) atoms. The summed E-state index contributed by atoms with van der Waals surface area (Å²) in [5.41, 5.74) is 7.29. The Morgan fingerprint density at radius 3 is 1.94 bits per heavy atom. The highest BCUT2D eigenvalue weighted by molar-refractivity contribution is 4.97. The molecule has 1 saturated heterocycles. The number of nitrogens with two attached hydrogens (primary N) is 1. The standard InChI is InChI=1S/C14H26N2/c15-14(6-3-7-14)12-16-10-8-13(9-11-16)4-1-2-5-13/h1-12,15H2. The van der Waals surface area contributed by atoms with Crippen LogP contribution in [0.1, 0.15) is 57.8 Å². The van der Waals surface area contributed by atoms with E-state index in [0.717, 1.165) is 5.41 Å². The third kappa shape index (κ3) is 2.02. The Morgan fingerprint density at radius 1 is 0.812 bits per heavy atom. The van der Waals surface area contributed by atoms with Crippen LogP contribution < -0.4 is 5.73 Å². The average molecular weight is 222 g/mol. The Balaban J connectivity index is 1.50. The molecule has 0 unspecified atom stereocenters. The lowest BCUT2D eigenvalue weighted by Crippen LogP contribution is -2.56. The molecule has 0 amide bonds. The van der Waals surface area contributed by atoms with Gasteiger partial charge in [0.05, 0.1) is 0 Å². The van der Waals surface area contributed by atoms with Crippen LogP contribution >= 0.6 is 0 Å². The summed E-state index contributed by atoms with van der Waals surface area (Å²) in [4.78, 5) is 2.64. The first-order chi connectivity index (χ1) is 7.70. The van der Waals surface area contributed by atoms with E-state index in [0.29, 0.717) is 0 Å². The second-order valence-corrected chi connectivity index (χ2v) is 6.70. The minimum atomic E-state index is 0.195. The molecule has 3 fully saturated rings. The summed E-state index contributed by atoms with van der Waals surface area (Å²) >= 11 is 0. The minimum absolute atomic E-state index is 0.195. The lowest BCUT2D eigenvalue weighted by atomic mass is 9.74. The van der Waals surface area contributed by atoms with Crippen LogP contribution in [0.15, 0.2) is 0 Å². The first kappa shape index (κ1) is 11.0. The van der Waals surface area contributed by atoms with Gasteiger partial charge in [-0.1, -0.05) is 12.8 Å². The zero-order valence-corrected chi connectivity index (χ0v) is 10.5. The van der Waals surface area contributed by atoms with Gasteiger partial charge in [0.2, 0.25) is 0 Å². The van der Waals surface area contributed by atoms with Gasteiger partial charge in [0.25, 0.3) is 0 Å². The highest BCUT2D eigenvalue weighted by Crippen LogP contribution is 2.46. The third-order valence-corrected chi connectivity index (χ3v) is 5.47. The van der Waals surface area contributed by atoms with Crippen molar-refractivity contribution < 1.29 is 0 Å². The van der Waals surface area contributed by atoms with Crippen LogP contribution in [-0.4, -0.2) is 30.1 Å². The van der Waals surface area contributed by atoms with E-state index < -0.39 is 0 Å². The number of hydrogen-bond acceptors (Lipinski definition) is 2. The molecule has 1 spiro atoms. The highest BCUT2D eigenvalue weighted by atomic mass is 15.2. The van der Waals surface area contributed by atoms with Crippen molar-refractivity contribution in [3.05, 3.63) is 0 Å². The van der Waals surface area contributed by atoms with Crippen LogP contribution in [0.25, 0.3) is 0 Å². The molecule has 0 atom stereocenters. The SMILES string of the molecule is NC1(CN2CCC3(CCCC3)CC2)CCC1. The summed E-state index contributed by atoms with van der Waals surface area (Å²) in [5.74, 6) is 0. The van der Waals surface area contributed by atoms with Crippen molar-refractivity contribution in [2.75, 3.05) is 19.6 Å². The Hall–Kier alpha value is -0.0800. The molecular formula is C14H26N2. The lowest BCUT2D eigenvalue weighted by Gasteiger charge is -2.46. The lowest BCUT2D eigenvalue weighted by molar-refractivity contribution is 0.0703. The predicted octanol–water partition coefficient (Wildman–Crippen LogP) is 2.52. The van der Waals surface area contributed by atoms with Gasteiger partial charge in [0.15, 0.2) is 0 Å². The molecule has 0 radical (unpaired) electrons. The van der Waals surface area contributed by atoms with Crippen LogP contribution in [0.2, 0.25) is 0 Å². The summed E-state index contributed by atoms with van der Waals surface area (Å²) in [7, 11) is 0. The monoisotopic (exact) mass is 222 g/mol. The molecule has 2 N–H and O–H groups in total. The van der Waals surface area contributed by atoms with E-state index in [-0.39, 0.29) is 5.54 Å². The fourth-order valence-electron chi connectivity index (χ4n) is 4.04. The molecule has 2 saturated carbocycles. The normalized spacial score (nSPS) is 32.8. The Morgan fingerprint density at radius 2 is 1.44 bits per heavy atom. The smallest absolute Gasteiger partial charge is 0.0283 e. The number of piperidine rings is 1. The van der Waals surface area contributed by atoms with Crippen LogP contribution in [0, 0.1) is 5.41 Å². The van der Waals surface area contributed by atoms with Gasteiger partial charge < -0.3 is 10.6 Å². The molecule has 92 valence electrons. The molecule has 1 aliphatic heterocycles. The summed E-state index contributed by atoms with van der Waals surface area (Å²) in [6.45, 7) is 3.81. The molecule has 0 bridgehead atoms.